The fourth-order valence-corrected chi connectivity index (χ4v) is 7.93. The number of nitrogens with one attached hydrogen (secondary N) is 1. The zero-order chi connectivity index (χ0) is 34.7. The number of aliphatic hydroxyl groups is 1. The van der Waals surface area contributed by atoms with Crippen molar-refractivity contribution in [2.24, 2.45) is 5.92 Å². The Morgan fingerprint density at radius 1 is 1.19 bits per heavy atom. The second kappa shape index (κ2) is 12.8. The molecule has 1 spiro atoms. The van der Waals surface area contributed by atoms with Gasteiger partial charge < -0.3 is 15.2 Å². The number of methoxy groups -OCH3 is 1. The predicted octanol–water partition coefficient (Wildman–Crippen LogP) is 6.32. The third kappa shape index (κ3) is 5.43. The summed E-state index contributed by atoms with van der Waals surface area (Å²) in [5.41, 5.74) is -1.76. The summed E-state index contributed by atoms with van der Waals surface area (Å²) in [5.74, 6) is -3.42. The average Bonchev–Trinajstić information content (AvgIpc) is 3.76. The van der Waals surface area contributed by atoms with Crippen LogP contribution in [0, 0.1) is 38.9 Å². The molecule has 48 heavy (non-hydrogen) atoms. The van der Waals surface area contributed by atoms with Crippen molar-refractivity contribution in [1.29, 1.82) is 0 Å². The number of hydrogen-bond donors (Lipinski definition) is 2. The lowest BCUT2D eigenvalue weighted by atomic mass is 9.73. The predicted molar refractivity (Wildman–Crippen MR) is 173 cm³/mol. The van der Waals surface area contributed by atoms with E-state index >= 15 is 4.39 Å². The monoisotopic (exact) mass is 700 g/mol. The van der Waals surface area contributed by atoms with Gasteiger partial charge in [-0.2, -0.15) is 0 Å². The minimum Gasteiger partial charge on any atom is -0.364 e. The van der Waals surface area contributed by atoms with Crippen LogP contribution < -0.4 is 5.32 Å². The van der Waals surface area contributed by atoms with Crippen molar-refractivity contribution in [3.05, 3.63) is 112 Å². The summed E-state index contributed by atoms with van der Waals surface area (Å²) in [6.45, 7) is 1.64. The number of benzene rings is 3. The molecule has 1 saturated carbocycles. The molecule has 2 heterocycles. The van der Waals surface area contributed by atoms with Crippen LogP contribution >= 0.6 is 23.2 Å². The van der Waals surface area contributed by atoms with E-state index in [1.54, 1.807) is 17.0 Å². The first-order chi connectivity index (χ1) is 22.8. The second-order valence-corrected chi connectivity index (χ2v) is 13.3. The van der Waals surface area contributed by atoms with Gasteiger partial charge in [-0.3, -0.25) is 34.7 Å². The van der Waals surface area contributed by atoms with E-state index in [9.17, 15) is 34.9 Å². The standard InChI is InChI=1S/C33H31Cl2FN4O8/c1-16-19(31(42)48-2)9-10-20(29(16)39(44)45)26(41)13-12-25-30(40(46)47)27(21-4-3-5-23(35)28(21)36)33(38(25)15-17-6-7-17)22-11-8-18(34)14-24(22)37-32(33)43/h3-5,8-11,14,17,25,27,30-31,42H,6-7,12-13,15H2,1-2H3,(H,37,43)/t25-,27-,30+,31?,33+/m0/s1. The van der Waals surface area contributed by atoms with E-state index in [1.165, 1.54) is 50.4 Å². The molecular formula is C33H31Cl2FN4O8. The van der Waals surface area contributed by atoms with Crippen molar-refractivity contribution in [2.45, 2.75) is 62.4 Å². The first-order valence-corrected chi connectivity index (χ1v) is 16.1. The number of ether oxygens (including phenoxy) is 1. The highest BCUT2D eigenvalue weighted by molar-refractivity contribution is 6.31. The summed E-state index contributed by atoms with van der Waals surface area (Å²) in [6, 6.07) is 8.79. The van der Waals surface area contributed by atoms with Crippen LogP contribution in [0.4, 0.5) is 15.8 Å². The lowest BCUT2D eigenvalue weighted by Gasteiger charge is -2.39. The molecule has 12 nitrogen and oxygen atoms in total. The van der Waals surface area contributed by atoms with Gasteiger partial charge in [-0.1, -0.05) is 47.5 Å². The number of anilines is 1. The summed E-state index contributed by atoms with van der Waals surface area (Å²) in [4.78, 5) is 53.9. The molecule has 1 amide bonds. The number of Topliss-reactive ketones (excluding diaryl/α,β-unsaturated/α-hetero) is 1. The molecule has 2 aliphatic heterocycles. The molecule has 2 fully saturated rings. The van der Waals surface area contributed by atoms with Crippen LogP contribution in [-0.4, -0.2) is 57.3 Å². The molecule has 0 radical (unpaired) electrons. The highest BCUT2D eigenvalue weighted by Gasteiger charge is 2.71. The molecule has 2 N–H and O–H groups in total. The number of nitrogens with zero attached hydrogens (tertiary/aromatic N) is 3. The Kier molecular flexibility index (Phi) is 9.02. The number of carbonyl (C=O) groups excluding carboxylic acids is 2. The fraction of sp³-hybridized carbons (Fsp3) is 0.394. The minimum atomic E-state index is -1.76. The third-order valence-corrected chi connectivity index (χ3v) is 10.4. The van der Waals surface area contributed by atoms with Crippen molar-refractivity contribution >= 4 is 46.3 Å². The molecule has 3 aromatic carbocycles. The van der Waals surface area contributed by atoms with Gasteiger partial charge in [0.1, 0.15) is 11.4 Å². The average molecular weight is 702 g/mol. The highest BCUT2D eigenvalue weighted by atomic mass is 35.5. The Balaban J connectivity index is 1.49. The van der Waals surface area contributed by atoms with E-state index in [-0.39, 0.29) is 52.6 Å². The fourth-order valence-electron chi connectivity index (χ4n) is 7.58. The van der Waals surface area contributed by atoms with Crippen LogP contribution in [0.2, 0.25) is 10.0 Å². The Bertz CT molecular complexity index is 1860. The van der Waals surface area contributed by atoms with Gasteiger partial charge >= 0.3 is 0 Å². The SMILES string of the molecule is COC(O)c1ccc(C(=O)CC[C@H]2[C@@H]([N+](=O)[O-])[C@H](c3cccc(Cl)c3F)[C@]3(C(=O)Nc4cc(Cl)ccc43)N2CC2CC2)c([N+](=O)[O-])c1C. The van der Waals surface area contributed by atoms with Crippen molar-refractivity contribution in [1.82, 2.24) is 4.90 Å². The number of hydrogen-bond acceptors (Lipinski definition) is 9. The van der Waals surface area contributed by atoms with Gasteiger partial charge in [0.25, 0.3) is 11.6 Å². The lowest BCUT2D eigenvalue weighted by molar-refractivity contribution is -0.528. The molecule has 3 aliphatic rings. The van der Waals surface area contributed by atoms with Crippen molar-refractivity contribution in [3.8, 4) is 0 Å². The third-order valence-electron chi connectivity index (χ3n) is 9.85. The van der Waals surface area contributed by atoms with Gasteiger partial charge in [0.15, 0.2) is 12.1 Å². The topological polar surface area (TPSA) is 165 Å². The van der Waals surface area contributed by atoms with Gasteiger partial charge in [0.2, 0.25) is 6.04 Å². The van der Waals surface area contributed by atoms with Gasteiger partial charge in [-0.15, -0.1) is 0 Å². The number of fused-ring (bicyclic) bond motifs is 2. The molecule has 252 valence electrons. The van der Waals surface area contributed by atoms with E-state index < -0.39 is 62.9 Å². The summed E-state index contributed by atoms with van der Waals surface area (Å²) in [6.07, 6.45) is -0.362. The van der Waals surface area contributed by atoms with Gasteiger partial charge in [0, 0.05) is 58.0 Å². The van der Waals surface area contributed by atoms with E-state index in [0.717, 1.165) is 12.8 Å². The Hall–Kier alpha value is -4.01. The van der Waals surface area contributed by atoms with Crippen molar-refractivity contribution < 1.29 is 33.7 Å². The molecule has 3 aromatic rings. The first kappa shape index (κ1) is 33.9. The van der Waals surface area contributed by atoms with Crippen LogP contribution in [0.1, 0.15) is 70.5 Å². The highest BCUT2D eigenvalue weighted by Crippen LogP contribution is 2.60. The zero-order valence-corrected chi connectivity index (χ0v) is 27.3. The first-order valence-electron chi connectivity index (χ1n) is 15.3. The maximum Gasteiger partial charge on any atom is 0.283 e. The number of carbonyl (C=O) groups is 2. The quantitative estimate of drug-likeness (QED) is 0.101. The number of aliphatic hydroxyl groups excluding tert-OH is 1. The van der Waals surface area contributed by atoms with E-state index in [4.69, 9.17) is 27.9 Å². The zero-order valence-electron chi connectivity index (χ0n) is 25.8. The van der Waals surface area contributed by atoms with Crippen LogP contribution in [0.15, 0.2) is 48.5 Å². The molecule has 1 saturated heterocycles. The molecular weight excluding hydrogens is 670 g/mol. The molecule has 0 bridgehead atoms. The lowest BCUT2D eigenvalue weighted by Crippen LogP contribution is -2.52. The number of nitro benzene ring substituents is 1. The second-order valence-electron chi connectivity index (χ2n) is 12.5. The normalized spacial score (nSPS) is 24.0. The number of rotatable bonds is 11. The molecule has 5 atom stereocenters. The number of ketones is 1. The van der Waals surface area contributed by atoms with Crippen molar-refractivity contribution in [2.75, 3.05) is 19.0 Å². The summed E-state index contributed by atoms with van der Waals surface area (Å²) in [7, 11) is 1.22. The largest absolute Gasteiger partial charge is 0.364 e. The Morgan fingerprint density at radius 3 is 2.56 bits per heavy atom. The minimum absolute atomic E-state index is 0.0351. The van der Waals surface area contributed by atoms with Gasteiger partial charge in [0.05, 0.1) is 27.5 Å². The molecule has 1 unspecified atom stereocenters. The van der Waals surface area contributed by atoms with Gasteiger partial charge in [-0.25, -0.2) is 4.39 Å². The maximum atomic E-state index is 16.0. The van der Waals surface area contributed by atoms with Crippen LogP contribution in [-0.2, 0) is 15.1 Å². The summed E-state index contributed by atoms with van der Waals surface area (Å²) < 4.78 is 20.9. The van der Waals surface area contributed by atoms with E-state index in [0.29, 0.717) is 16.3 Å². The maximum absolute atomic E-state index is 16.0. The summed E-state index contributed by atoms with van der Waals surface area (Å²) in [5, 5.41) is 38.3. The Morgan fingerprint density at radius 2 is 1.92 bits per heavy atom. The van der Waals surface area contributed by atoms with Crippen LogP contribution in [0.5, 0.6) is 0 Å². The van der Waals surface area contributed by atoms with Crippen LogP contribution in [0.3, 0.4) is 0 Å². The number of nitro groups is 2. The number of halogens is 3. The molecule has 6 rings (SSSR count). The van der Waals surface area contributed by atoms with Gasteiger partial charge in [-0.05, 0) is 56.4 Å². The molecule has 15 heteroatoms. The van der Waals surface area contributed by atoms with E-state index in [2.05, 4.69) is 5.32 Å². The van der Waals surface area contributed by atoms with E-state index in [1.807, 2.05) is 0 Å². The van der Waals surface area contributed by atoms with Crippen molar-refractivity contribution in [3.63, 3.8) is 0 Å². The number of amides is 1. The molecule has 1 aliphatic carbocycles. The van der Waals surface area contributed by atoms with Crippen LogP contribution in [0.25, 0.3) is 0 Å². The number of likely N-dealkylation sites (tertiary alicyclic amines) is 1. The summed E-state index contributed by atoms with van der Waals surface area (Å²) >= 11 is 12.5. The molecule has 0 aromatic heterocycles. The Labute approximate surface area is 284 Å². The smallest absolute Gasteiger partial charge is 0.283 e.